The topological polar surface area (TPSA) is 125 Å². The molecule has 0 aliphatic heterocycles. The van der Waals surface area contributed by atoms with Crippen LogP contribution >= 0.6 is 0 Å². The molecule has 3 N–H and O–H groups in total. The molecule has 4 aromatic rings. The predicted octanol–water partition coefficient (Wildman–Crippen LogP) is 4.42. The molecular formula is C23H23N5O4. The van der Waals surface area contributed by atoms with Gasteiger partial charge in [-0.3, -0.25) is 10.1 Å². The van der Waals surface area contributed by atoms with Gasteiger partial charge in [0.2, 0.25) is 5.95 Å². The van der Waals surface area contributed by atoms with E-state index in [0.717, 1.165) is 16.8 Å². The number of carbonyl (C=O) groups is 2. The molecule has 0 saturated heterocycles. The summed E-state index contributed by atoms with van der Waals surface area (Å²) in [5.41, 5.74) is 8.23. The summed E-state index contributed by atoms with van der Waals surface area (Å²) in [6, 6.07) is 14.1. The number of anilines is 1. The fourth-order valence-electron chi connectivity index (χ4n) is 3.43. The van der Waals surface area contributed by atoms with Gasteiger partial charge in [0.05, 0.1) is 18.2 Å². The molecule has 0 spiro atoms. The largest absolute Gasteiger partial charge is 0.472 e. The van der Waals surface area contributed by atoms with Crippen molar-refractivity contribution in [2.24, 2.45) is 11.1 Å². The lowest BCUT2D eigenvalue weighted by atomic mass is 9.84. The van der Waals surface area contributed by atoms with Crippen molar-refractivity contribution < 1.29 is 18.7 Å². The van der Waals surface area contributed by atoms with Gasteiger partial charge in [0.15, 0.2) is 5.65 Å². The van der Waals surface area contributed by atoms with Gasteiger partial charge in [-0.2, -0.15) is 4.98 Å². The van der Waals surface area contributed by atoms with E-state index in [1.54, 1.807) is 47.4 Å². The van der Waals surface area contributed by atoms with E-state index in [4.69, 9.17) is 14.9 Å². The number of furan rings is 1. The van der Waals surface area contributed by atoms with Crippen LogP contribution in [0.5, 0.6) is 0 Å². The van der Waals surface area contributed by atoms with Crippen molar-refractivity contribution in [3.8, 4) is 11.3 Å². The van der Waals surface area contributed by atoms with Crippen LogP contribution in [-0.4, -0.2) is 26.6 Å². The first-order valence-electron chi connectivity index (χ1n) is 9.98. The van der Waals surface area contributed by atoms with Gasteiger partial charge < -0.3 is 14.9 Å². The van der Waals surface area contributed by atoms with Gasteiger partial charge in [0.25, 0.3) is 5.91 Å². The Morgan fingerprint density at radius 3 is 2.50 bits per heavy atom. The minimum absolute atomic E-state index is 0.180. The molecular weight excluding hydrogens is 410 g/mol. The van der Waals surface area contributed by atoms with Crippen molar-refractivity contribution in [1.29, 1.82) is 0 Å². The molecule has 9 nitrogen and oxygen atoms in total. The maximum atomic E-state index is 12.7. The van der Waals surface area contributed by atoms with Crippen LogP contribution in [-0.2, 0) is 4.74 Å². The number of fused-ring (bicyclic) bond motifs is 1. The number of ether oxygens (including phenoxy) is 1. The lowest BCUT2D eigenvalue weighted by molar-refractivity contribution is 0.0360. The van der Waals surface area contributed by atoms with Crippen LogP contribution < -0.4 is 11.1 Å². The van der Waals surface area contributed by atoms with Crippen LogP contribution in [0.3, 0.4) is 0 Å². The molecule has 0 saturated carbocycles. The Balaban J connectivity index is 1.55. The predicted molar refractivity (Wildman–Crippen MR) is 118 cm³/mol. The number of pyridine rings is 1. The van der Waals surface area contributed by atoms with Crippen molar-refractivity contribution >= 4 is 23.6 Å². The molecule has 2 amide bonds. The van der Waals surface area contributed by atoms with E-state index in [1.165, 1.54) is 0 Å². The minimum atomic E-state index is -0.848. The van der Waals surface area contributed by atoms with Crippen LogP contribution in [0, 0.1) is 5.41 Å². The summed E-state index contributed by atoms with van der Waals surface area (Å²) in [7, 11) is 0. The van der Waals surface area contributed by atoms with Crippen molar-refractivity contribution in [3.05, 3.63) is 72.2 Å². The molecule has 0 aliphatic rings. The highest BCUT2D eigenvalue weighted by Crippen LogP contribution is 2.36. The number of nitrogens with two attached hydrogens (primary N) is 1. The second-order valence-electron chi connectivity index (χ2n) is 8.39. The Hall–Kier alpha value is -4.14. The van der Waals surface area contributed by atoms with Gasteiger partial charge in [-0.25, -0.2) is 9.31 Å². The number of carbonyl (C=O) groups excluding carboxylic acids is 2. The van der Waals surface area contributed by atoms with E-state index in [1.807, 2.05) is 39.0 Å². The number of hydrogen-bond donors (Lipinski definition) is 2. The molecule has 32 heavy (non-hydrogen) atoms. The van der Waals surface area contributed by atoms with Gasteiger partial charge >= 0.3 is 6.09 Å². The summed E-state index contributed by atoms with van der Waals surface area (Å²) in [4.78, 5) is 28.4. The van der Waals surface area contributed by atoms with Crippen LogP contribution in [0.15, 0.2) is 65.5 Å². The van der Waals surface area contributed by atoms with Crippen molar-refractivity contribution in [2.45, 2.75) is 26.9 Å². The second-order valence-corrected chi connectivity index (χ2v) is 8.39. The van der Waals surface area contributed by atoms with E-state index >= 15 is 0 Å². The number of hydrogen-bond acceptors (Lipinski definition) is 6. The number of rotatable bonds is 5. The van der Waals surface area contributed by atoms with Gasteiger partial charge in [-0.05, 0) is 35.9 Å². The quantitative estimate of drug-likeness (QED) is 0.480. The SMILES string of the molecule is CC(C)(C)C(OC(N)=O)c1ccc(C(=O)Nc2nc3cccc(-c4ccoc4)n3n2)cc1. The highest BCUT2D eigenvalue weighted by atomic mass is 16.6. The molecule has 3 heterocycles. The summed E-state index contributed by atoms with van der Waals surface area (Å²) >= 11 is 0. The van der Waals surface area contributed by atoms with Crippen molar-refractivity contribution in [1.82, 2.24) is 14.6 Å². The Kier molecular flexibility index (Phi) is 5.40. The molecule has 4 rings (SSSR count). The number of primary amides is 1. The van der Waals surface area contributed by atoms with E-state index in [-0.39, 0.29) is 17.3 Å². The molecule has 3 aromatic heterocycles. The molecule has 164 valence electrons. The van der Waals surface area contributed by atoms with Crippen LogP contribution in [0.2, 0.25) is 0 Å². The fraction of sp³-hybridized carbons (Fsp3) is 0.217. The maximum Gasteiger partial charge on any atom is 0.405 e. The number of nitrogens with zero attached hydrogens (tertiary/aromatic N) is 3. The lowest BCUT2D eigenvalue weighted by Crippen LogP contribution is -2.27. The van der Waals surface area contributed by atoms with Crippen LogP contribution in [0.4, 0.5) is 10.7 Å². The number of amides is 2. The molecule has 0 radical (unpaired) electrons. The summed E-state index contributed by atoms with van der Waals surface area (Å²) in [5.74, 6) is -0.180. The molecule has 0 aliphatic carbocycles. The Morgan fingerprint density at radius 1 is 1.12 bits per heavy atom. The Labute approximate surface area is 184 Å². The zero-order valence-electron chi connectivity index (χ0n) is 17.9. The molecule has 9 heteroatoms. The van der Waals surface area contributed by atoms with Gasteiger partial charge in [-0.1, -0.05) is 39.0 Å². The van der Waals surface area contributed by atoms with Crippen molar-refractivity contribution in [2.75, 3.05) is 5.32 Å². The van der Waals surface area contributed by atoms with Crippen molar-refractivity contribution in [3.63, 3.8) is 0 Å². The minimum Gasteiger partial charge on any atom is -0.472 e. The lowest BCUT2D eigenvalue weighted by Gasteiger charge is -2.30. The maximum absolute atomic E-state index is 12.7. The molecule has 0 bridgehead atoms. The summed E-state index contributed by atoms with van der Waals surface area (Å²) < 4.78 is 12.1. The zero-order valence-corrected chi connectivity index (χ0v) is 17.9. The van der Waals surface area contributed by atoms with Gasteiger partial charge in [0, 0.05) is 16.5 Å². The third-order valence-corrected chi connectivity index (χ3v) is 4.90. The number of aromatic nitrogens is 3. The highest BCUT2D eigenvalue weighted by molar-refractivity contribution is 6.03. The standard InChI is InChI=1S/C23H23N5O4/c1-23(2,3)19(32-21(24)30)14-7-9-15(10-8-14)20(29)26-22-25-18-6-4-5-17(28(18)27-22)16-11-12-31-13-16/h4-13,19H,1-3H3,(H2,24,30)(H,26,27,29). The summed E-state index contributed by atoms with van der Waals surface area (Å²) in [6.45, 7) is 5.82. The van der Waals surface area contributed by atoms with Crippen LogP contribution in [0.25, 0.3) is 16.9 Å². The third kappa shape index (κ3) is 4.31. The second kappa shape index (κ2) is 8.18. The smallest absolute Gasteiger partial charge is 0.405 e. The Bertz CT molecular complexity index is 1250. The molecule has 0 fully saturated rings. The van der Waals surface area contributed by atoms with Crippen LogP contribution in [0.1, 0.15) is 42.8 Å². The molecule has 1 atom stereocenters. The monoisotopic (exact) mass is 433 g/mol. The third-order valence-electron chi connectivity index (χ3n) is 4.90. The zero-order chi connectivity index (χ0) is 22.9. The van der Waals surface area contributed by atoms with E-state index in [2.05, 4.69) is 15.4 Å². The van der Waals surface area contributed by atoms with E-state index < -0.39 is 12.2 Å². The molecule has 1 unspecified atom stereocenters. The number of nitrogens with one attached hydrogen (secondary N) is 1. The average molecular weight is 433 g/mol. The van der Waals surface area contributed by atoms with Gasteiger partial charge in [-0.15, -0.1) is 5.10 Å². The first kappa shape index (κ1) is 21.1. The summed E-state index contributed by atoms with van der Waals surface area (Å²) in [6.07, 6.45) is 1.80. The Morgan fingerprint density at radius 2 is 1.88 bits per heavy atom. The normalized spacial score (nSPS) is 12.5. The van der Waals surface area contributed by atoms with Gasteiger partial charge in [0.1, 0.15) is 6.10 Å². The first-order valence-corrected chi connectivity index (χ1v) is 9.98. The fourth-order valence-corrected chi connectivity index (χ4v) is 3.43. The first-order chi connectivity index (χ1) is 15.2. The average Bonchev–Trinajstić information content (AvgIpc) is 3.40. The number of benzene rings is 1. The van der Waals surface area contributed by atoms with E-state index in [0.29, 0.717) is 11.2 Å². The summed E-state index contributed by atoms with van der Waals surface area (Å²) in [5, 5.41) is 7.13. The molecule has 1 aromatic carbocycles. The van der Waals surface area contributed by atoms with E-state index in [9.17, 15) is 9.59 Å². The highest BCUT2D eigenvalue weighted by Gasteiger charge is 2.29.